The van der Waals surface area contributed by atoms with E-state index < -0.39 is 10.0 Å². The largest absolute Gasteiger partial charge is 0.377 e. The van der Waals surface area contributed by atoms with Crippen molar-refractivity contribution in [1.82, 2.24) is 9.88 Å². The van der Waals surface area contributed by atoms with Crippen molar-refractivity contribution in [2.75, 3.05) is 6.61 Å². The number of hydrogen-bond acceptors (Lipinski definition) is 5. The maximum atomic E-state index is 12.2. The minimum absolute atomic E-state index is 0.0553. The first-order chi connectivity index (χ1) is 8.42. The summed E-state index contributed by atoms with van der Waals surface area (Å²) in [5.74, 6) is 0.305. The molecular weight excluding hydrogens is 256 g/mol. The Morgan fingerprint density at radius 1 is 1.44 bits per heavy atom. The Kier molecular flexibility index (Phi) is 3.74. The van der Waals surface area contributed by atoms with Gasteiger partial charge in [0.2, 0.25) is 10.0 Å². The maximum Gasteiger partial charge on any atom is 0.246 e. The normalized spacial score (nSPS) is 22.3. The summed E-state index contributed by atoms with van der Waals surface area (Å²) in [5, 5.41) is 3.66. The minimum Gasteiger partial charge on any atom is -0.377 e. The number of aromatic nitrogens is 1. The van der Waals surface area contributed by atoms with Crippen molar-refractivity contribution in [3.05, 3.63) is 11.5 Å². The molecule has 0 aliphatic carbocycles. The fourth-order valence-electron chi connectivity index (χ4n) is 2.23. The molecule has 102 valence electrons. The lowest BCUT2D eigenvalue weighted by molar-refractivity contribution is 0.0902. The van der Waals surface area contributed by atoms with Gasteiger partial charge in [0.25, 0.3) is 0 Å². The van der Waals surface area contributed by atoms with Gasteiger partial charge in [0.1, 0.15) is 10.6 Å². The van der Waals surface area contributed by atoms with E-state index in [1.54, 1.807) is 13.8 Å². The summed E-state index contributed by atoms with van der Waals surface area (Å²) >= 11 is 0. The van der Waals surface area contributed by atoms with Gasteiger partial charge in [-0.1, -0.05) is 5.16 Å². The number of aryl methyl sites for hydroxylation is 2. The number of nitrogens with zero attached hydrogens (tertiary/aromatic N) is 1. The second-order valence-corrected chi connectivity index (χ2v) is 6.27. The molecule has 2 atom stereocenters. The fourth-order valence-corrected chi connectivity index (χ4v) is 3.84. The Labute approximate surface area is 107 Å². The van der Waals surface area contributed by atoms with E-state index in [1.165, 1.54) is 0 Å². The van der Waals surface area contributed by atoms with Gasteiger partial charge in [0.15, 0.2) is 5.76 Å². The van der Waals surface area contributed by atoms with E-state index in [0.717, 1.165) is 12.8 Å². The molecule has 2 rings (SSSR count). The SMILES string of the molecule is Cc1noc(C)c1S(=O)(=O)N[C@H](C)[C@H]1CCCO1. The van der Waals surface area contributed by atoms with Crippen LogP contribution in [0.4, 0.5) is 0 Å². The van der Waals surface area contributed by atoms with E-state index in [4.69, 9.17) is 9.26 Å². The Morgan fingerprint density at radius 2 is 2.17 bits per heavy atom. The van der Waals surface area contributed by atoms with E-state index in [-0.39, 0.29) is 17.0 Å². The molecule has 0 amide bonds. The zero-order valence-electron chi connectivity index (χ0n) is 10.8. The van der Waals surface area contributed by atoms with Gasteiger partial charge in [-0.15, -0.1) is 0 Å². The Balaban J connectivity index is 2.17. The van der Waals surface area contributed by atoms with Crippen molar-refractivity contribution >= 4 is 10.0 Å². The molecule has 1 saturated heterocycles. The summed E-state index contributed by atoms with van der Waals surface area (Å²) < 4.78 is 37.5. The third kappa shape index (κ3) is 2.57. The lowest BCUT2D eigenvalue weighted by atomic mass is 10.1. The van der Waals surface area contributed by atoms with Crippen LogP contribution in [0.25, 0.3) is 0 Å². The molecule has 0 unspecified atom stereocenters. The molecular formula is C11H18N2O4S. The number of sulfonamides is 1. The van der Waals surface area contributed by atoms with Crippen LogP contribution < -0.4 is 4.72 Å². The molecule has 1 aromatic heterocycles. The molecule has 0 radical (unpaired) electrons. The minimum atomic E-state index is -3.60. The van der Waals surface area contributed by atoms with Crippen LogP contribution in [0.3, 0.4) is 0 Å². The summed E-state index contributed by atoms with van der Waals surface area (Å²) in [4.78, 5) is 0.132. The van der Waals surface area contributed by atoms with Crippen LogP contribution in [0, 0.1) is 13.8 Å². The van der Waals surface area contributed by atoms with Gasteiger partial charge >= 0.3 is 0 Å². The average molecular weight is 274 g/mol. The third-order valence-corrected chi connectivity index (χ3v) is 4.90. The summed E-state index contributed by atoms with van der Waals surface area (Å²) in [5.41, 5.74) is 0.375. The third-order valence-electron chi connectivity index (χ3n) is 3.10. The van der Waals surface area contributed by atoms with Gasteiger partial charge in [0, 0.05) is 12.6 Å². The number of ether oxygens (including phenoxy) is 1. The molecule has 1 fully saturated rings. The molecule has 2 heterocycles. The smallest absolute Gasteiger partial charge is 0.246 e. The lowest BCUT2D eigenvalue weighted by Gasteiger charge is -2.19. The van der Waals surface area contributed by atoms with Gasteiger partial charge in [-0.05, 0) is 33.6 Å². The van der Waals surface area contributed by atoms with Crippen molar-refractivity contribution in [3.63, 3.8) is 0 Å². The van der Waals surface area contributed by atoms with Gasteiger partial charge in [0.05, 0.1) is 6.10 Å². The van der Waals surface area contributed by atoms with Crippen LogP contribution in [-0.2, 0) is 14.8 Å². The first-order valence-corrected chi connectivity index (χ1v) is 7.47. The van der Waals surface area contributed by atoms with Gasteiger partial charge in [-0.2, -0.15) is 0 Å². The molecule has 0 bridgehead atoms. The zero-order chi connectivity index (χ0) is 13.3. The second-order valence-electron chi connectivity index (χ2n) is 4.61. The summed E-state index contributed by atoms with van der Waals surface area (Å²) in [7, 11) is -3.60. The fraction of sp³-hybridized carbons (Fsp3) is 0.727. The highest BCUT2D eigenvalue weighted by atomic mass is 32.2. The standard InChI is InChI=1S/C11H18N2O4S/c1-7(10-5-4-6-16-10)13-18(14,15)11-8(2)12-17-9(11)3/h7,10,13H,4-6H2,1-3H3/t7-,10-/m1/s1. The van der Waals surface area contributed by atoms with Crippen molar-refractivity contribution in [2.24, 2.45) is 0 Å². The Bertz CT molecular complexity index is 498. The molecule has 0 aromatic carbocycles. The molecule has 1 aromatic rings. The van der Waals surface area contributed by atoms with Crippen molar-refractivity contribution in [2.45, 2.75) is 50.7 Å². The summed E-state index contributed by atoms with van der Waals surface area (Å²) in [6.45, 7) is 5.71. The highest BCUT2D eigenvalue weighted by Crippen LogP contribution is 2.21. The molecule has 1 N–H and O–H groups in total. The molecule has 1 aliphatic rings. The average Bonchev–Trinajstić information content (AvgIpc) is 2.87. The zero-order valence-corrected chi connectivity index (χ0v) is 11.6. The van der Waals surface area contributed by atoms with Gasteiger partial charge in [-0.25, -0.2) is 13.1 Å². The van der Waals surface area contributed by atoms with Crippen LogP contribution in [0.15, 0.2) is 9.42 Å². The van der Waals surface area contributed by atoms with E-state index in [9.17, 15) is 8.42 Å². The Hall–Kier alpha value is -0.920. The van der Waals surface area contributed by atoms with E-state index in [1.807, 2.05) is 6.92 Å². The van der Waals surface area contributed by atoms with Crippen LogP contribution >= 0.6 is 0 Å². The number of rotatable bonds is 4. The van der Waals surface area contributed by atoms with E-state index in [0.29, 0.717) is 18.1 Å². The molecule has 18 heavy (non-hydrogen) atoms. The summed E-state index contributed by atoms with van der Waals surface area (Å²) in [6.07, 6.45) is 1.80. The quantitative estimate of drug-likeness (QED) is 0.890. The number of nitrogens with one attached hydrogen (secondary N) is 1. The number of hydrogen-bond donors (Lipinski definition) is 1. The Morgan fingerprint density at radius 3 is 2.67 bits per heavy atom. The van der Waals surface area contributed by atoms with Gasteiger partial charge < -0.3 is 9.26 Å². The van der Waals surface area contributed by atoms with E-state index in [2.05, 4.69) is 9.88 Å². The van der Waals surface area contributed by atoms with Crippen LogP contribution in [-0.4, -0.2) is 32.3 Å². The predicted octanol–water partition coefficient (Wildman–Crippen LogP) is 1.14. The van der Waals surface area contributed by atoms with Crippen LogP contribution in [0.2, 0.25) is 0 Å². The second kappa shape index (κ2) is 4.99. The molecule has 7 heteroatoms. The first-order valence-electron chi connectivity index (χ1n) is 5.98. The molecule has 0 saturated carbocycles. The van der Waals surface area contributed by atoms with Crippen molar-refractivity contribution in [3.8, 4) is 0 Å². The van der Waals surface area contributed by atoms with Crippen molar-refractivity contribution < 1.29 is 17.7 Å². The highest BCUT2D eigenvalue weighted by Gasteiger charge is 2.30. The molecule has 6 nitrogen and oxygen atoms in total. The van der Waals surface area contributed by atoms with Gasteiger partial charge in [-0.3, -0.25) is 0 Å². The maximum absolute atomic E-state index is 12.2. The predicted molar refractivity (Wildman–Crippen MR) is 64.7 cm³/mol. The van der Waals surface area contributed by atoms with Crippen LogP contribution in [0.5, 0.6) is 0 Å². The first kappa shape index (κ1) is 13.5. The molecule has 0 spiro atoms. The topological polar surface area (TPSA) is 81.4 Å². The monoisotopic (exact) mass is 274 g/mol. The summed E-state index contributed by atoms with van der Waals surface area (Å²) in [6, 6.07) is -0.258. The van der Waals surface area contributed by atoms with Crippen molar-refractivity contribution in [1.29, 1.82) is 0 Å². The highest BCUT2D eigenvalue weighted by molar-refractivity contribution is 7.89. The van der Waals surface area contributed by atoms with Crippen LogP contribution in [0.1, 0.15) is 31.2 Å². The van der Waals surface area contributed by atoms with E-state index >= 15 is 0 Å². The lowest BCUT2D eigenvalue weighted by Crippen LogP contribution is -2.41. The molecule has 1 aliphatic heterocycles.